The molecule has 0 aromatic heterocycles. The molecular weight excluding hydrogens is 368 g/mol. The Morgan fingerprint density at radius 1 is 1.09 bits per heavy atom. The van der Waals surface area contributed by atoms with Crippen molar-refractivity contribution >= 4 is 21.6 Å². The quantitative estimate of drug-likeness (QED) is 0.774. The molecule has 0 saturated carbocycles. The molecule has 7 heteroatoms. The summed E-state index contributed by atoms with van der Waals surface area (Å²) < 4.78 is 32.3. The number of hydrogen-bond acceptors (Lipinski definition) is 4. The Labute approximate surface area is 139 Å². The zero-order valence-electron chi connectivity index (χ0n) is 11.5. The zero-order chi connectivity index (χ0) is 16.8. The van der Waals surface area contributed by atoms with Crippen molar-refractivity contribution in [1.82, 2.24) is 0 Å². The molecule has 0 aliphatic rings. The third-order valence-electron chi connectivity index (χ3n) is 2.67. The van der Waals surface area contributed by atoms with Gasteiger partial charge in [-0.2, -0.15) is 10.5 Å². The largest absolute Gasteiger partial charge is 0.453 e. The molecule has 0 bridgehead atoms. The number of benzene rings is 2. The molecule has 0 saturated heterocycles. The Bertz CT molecular complexity index is 837. The van der Waals surface area contributed by atoms with Gasteiger partial charge in [0.05, 0.1) is 4.47 Å². The standard InChI is InChI=1S/C16H8BrF2N3O/c17-13-6-12(22-9-10(7-20)8-21)2-4-15(13)23-16-3-1-11(18)5-14(16)19/h1-6,9,22H. The van der Waals surface area contributed by atoms with Gasteiger partial charge in [0, 0.05) is 18.0 Å². The number of halogens is 3. The highest BCUT2D eigenvalue weighted by Crippen LogP contribution is 2.33. The first-order valence-electron chi connectivity index (χ1n) is 6.23. The van der Waals surface area contributed by atoms with E-state index in [2.05, 4.69) is 21.2 Å². The molecule has 0 atom stereocenters. The summed E-state index contributed by atoms with van der Waals surface area (Å²) in [6.07, 6.45) is 1.27. The highest BCUT2D eigenvalue weighted by Gasteiger charge is 2.09. The minimum Gasteiger partial charge on any atom is -0.453 e. The molecule has 0 aliphatic heterocycles. The summed E-state index contributed by atoms with van der Waals surface area (Å²) in [4.78, 5) is 0. The first kappa shape index (κ1) is 16.5. The topological polar surface area (TPSA) is 68.8 Å². The summed E-state index contributed by atoms with van der Waals surface area (Å²) in [5.41, 5.74) is 0.515. The van der Waals surface area contributed by atoms with Crippen molar-refractivity contribution in [3.63, 3.8) is 0 Å². The average Bonchev–Trinajstić information content (AvgIpc) is 2.53. The molecule has 0 amide bonds. The number of rotatable bonds is 4. The normalized spacial score (nSPS) is 9.43. The molecule has 0 aliphatic carbocycles. The summed E-state index contributed by atoms with van der Waals surface area (Å²) in [6.45, 7) is 0. The fraction of sp³-hybridized carbons (Fsp3) is 0. The summed E-state index contributed by atoms with van der Waals surface area (Å²) in [6, 6.07) is 11.3. The Morgan fingerprint density at radius 3 is 2.39 bits per heavy atom. The van der Waals surface area contributed by atoms with E-state index in [1.54, 1.807) is 30.3 Å². The predicted molar refractivity (Wildman–Crippen MR) is 83.5 cm³/mol. The van der Waals surface area contributed by atoms with Crippen LogP contribution in [-0.2, 0) is 0 Å². The molecule has 23 heavy (non-hydrogen) atoms. The van der Waals surface area contributed by atoms with Gasteiger partial charge in [0.2, 0.25) is 0 Å². The lowest BCUT2D eigenvalue weighted by Crippen LogP contribution is -1.93. The molecule has 114 valence electrons. The van der Waals surface area contributed by atoms with Crippen molar-refractivity contribution in [1.29, 1.82) is 10.5 Å². The highest BCUT2D eigenvalue weighted by atomic mass is 79.9. The summed E-state index contributed by atoms with van der Waals surface area (Å²) in [5, 5.41) is 20.1. The maximum atomic E-state index is 13.6. The molecular formula is C16H8BrF2N3O. The fourth-order valence-electron chi connectivity index (χ4n) is 1.59. The number of ether oxygens (including phenoxy) is 1. The van der Waals surface area contributed by atoms with Crippen LogP contribution < -0.4 is 10.1 Å². The second-order valence-electron chi connectivity index (χ2n) is 4.25. The summed E-state index contributed by atoms with van der Waals surface area (Å²) in [5.74, 6) is -1.28. The smallest absolute Gasteiger partial charge is 0.168 e. The maximum absolute atomic E-state index is 13.6. The lowest BCUT2D eigenvalue weighted by atomic mass is 10.3. The van der Waals surface area contributed by atoms with E-state index < -0.39 is 11.6 Å². The van der Waals surface area contributed by atoms with Gasteiger partial charge in [-0.05, 0) is 46.3 Å². The molecule has 2 rings (SSSR count). The van der Waals surface area contributed by atoms with Crippen LogP contribution in [-0.4, -0.2) is 0 Å². The van der Waals surface area contributed by atoms with Crippen molar-refractivity contribution < 1.29 is 13.5 Å². The highest BCUT2D eigenvalue weighted by molar-refractivity contribution is 9.10. The van der Waals surface area contributed by atoms with Gasteiger partial charge in [-0.3, -0.25) is 0 Å². The second kappa shape index (κ2) is 7.39. The van der Waals surface area contributed by atoms with Crippen LogP contribution in [0.3, 0.4) is 0 Å². The van der Waals surface area contributed by atoms with Gasteiger partial charge in [-0.15, -0.1) is 0 Å². The third-order valence-corrected chi connectivity index (χ3v) is 3.29. The number of allylic oxidation sites excluding steroid dienone is 1. The van der Waals surface area contributed by atoms with Crippen molar-refractivity contribution in [2.24, 2.45) is 0 Å². The molecule has 0 radical (unpaired) electrons. The van der Waals surface area contributed by atoms with Gasteiger partial charge in [0.1, 0.15) is 29.3 Å². The molecule has 1 N–H and O–H groups in total. The SMILES string of the molecule is N#CC(C#N)=CNc1ccc(Oc2ccc(F)cc2F)c(Br)c1. The van der Waals surface area contributed by atoms with Gasteiger partial charge in [0.25, 0.3) is 0 Å². The van der Waals surface area contributed by atoms with Gasteiger partial charge in [-0.1, -0.05) is 0 Å². The molecule has 0 fully saturated rings. The lowest BCUT2D eigenvalue weighted by molar-refractivity contribution is 0.435. The Balaban J connectivity index is 2.18. The van der Waals surface area contributed by atoms with E-state index in [9.17, 15) is 8.78 Å². The third kappa shape index (κ3) is 4.29. The first-order chi connectivity index (χ1) is 11.0. The van der Waals surface area contributed by atoms with Crippen LogP contribution in [0.15, 0.2) is 52.6 Å². The van der Waals surface area contributed by atoms with Gasteiger partial charge in [0.15, 0.2) is 11.6 Å². The van der Waals surface area contributed by atoms with Crippen LogP contribution in [0.25, 0.3) is 0 Å². The number of nitrogens with zero attached hydrogens (tertiary/aromatic N) is 2. The first-order valence-corrected chi connectivity index (χ1v) is 7.02. The van der Waals surface area contributed by atoms with Gasteiger partial charge in [-0.25, -0.2) is 8.78 Å². The van der Waals surface area contributed by atoms with E-state index in [0.717, 1.165) is 12.1 Å². The summed E-state index contributed by atoms with van der Waals surface area (Å²) >= 11 is 3.27. The van der Waals surface area contributed by atoms with Gasteiger partial charge < -0.3 is 10.1 Å². The predicted octanol–water partition coefficient (Wildman–Crippen LogP) is 4.86. The van der Waals surface area contributed by atoms with E-state index in [1.807, 2.05) is 0 Å². The minimum absolute atomic E-state index is 0.0742. The summed E-state index contributed by atoms with van der Waals surface area (Å²) in [7, 11) is 0. The van der Waals surface area contributed by atoms with Crippen LogP contribution in [0.4, 0.5) is 14.5 Å². The number of anilines is 1. The van der Waals surface area contributed by atoms with Crippen molar-refractivity contribution in [3.05, 3.63) is 64.3 Å². The number of hydrogen-bond donors (Lipinski definition) is 1. The van der Waals surface area contributed by atoms with Gasteiger partial charge >= 0.3 is 0 Å². The Kier molecular flexibility index (Phi) is 5.29. The van der Waals surface area contributed by atoms with Crippen molar-refractivity contribution in [3.8, 4) is 23.6 Å². The van der Waals surface area contributed by atoms with Crippen LogP contribution in [0, 0.1) is 34.3 Å². The van der Waals surface area contributed by atoms with Crippen LogP contribution in [0.1, 0.15) is 0 Å². The second-order valence-corrected chi connectivity index (χ2v) is 5.10. The molecule has 0 spiro atoms. The zero-order valence-corrected chi connectivity index (χ0v) is 13.1. The fourth-order valence-corrected chi connectivity index (χ4v) is 2.05. The minimum atomic E-state index is -0.810. The molecule has 0 heterocycles. The van der Waals surface area contributed by atoms with E-state index in [4.69, 9.17) is 15.3 Å². The molecule has 4 nitrogen and oxygen atoms in total. The maximum Gasteiger partial charge on any atom is 0.168 e. The average molecular weight is 376 g/mol. The van der Waals surface area contributed by atoms with E-state index >= 15 is 0 Å². The Morgan fingerprint density at radius 2 is 1.78 bits per heavy atom. The van der Waals surface area contributed by atoms with Crippen LogP contribution >= 0.6 is 15.9 Å². The van der Waals surface area contributed by atoms with Crippen LogP contribution in [0.2, 0.25) is 0 Å². The molecule has 0 unspecified atom stereocenters. The lowest BCUT2D eigenvalue weighted by Gasteiger charge is -2.10. The van der Waals surface area contributed by atoms with Crippen LogP contribution in [0.5, 0.6) is 11.5 Å². The van der Waals surface area contributed by atoms with E-state index in [-0.39, 0.29) is 11.3 Å². The Hall–Kier alpha value is -2.90. The number of nitrogens with one attached hydrogen (secondary N) is 1. The monoisotopic (exact) mass is 375 g/mol. The molecule has 2 aromatic carbocycles. The van der Waals surface area contributed by atoms with E-state index in [1.165, 1.54) is 12.3 Å². The van der Waals surface area contributed by atoms with Crippen molar-refractivity contribution in [2.45, 2.75) is 0 Å². The molecule has 2 aromatic rings. The van der Waals surface area contributed by atoms with Crippen molar-refractivity contribution in [2.75, 3.05) is 5.32 Å². The van der Waals surface area contributed by atoms with E-state index in [0.29, 0.717) is 15.9 Å². The number of nitriles is 2.